The van der Waals surface area contributed by atoms with E-state index in [4.69, 9.17) is 4.98 Å². The molecule has 1 N–H and O–H groups in total. The van der Waals surface area contributed by atoms with Crippen molar-refractivity contribution in [1.82, 2.24) is 19.5 Å². The zero-order chi connectivity index (χ0) is 23.9. The fraction of sp³-hybridized carbons (Fsp3) is 0.321. The van der Waals surface area contributed by atoms with E-state index in [1.54, 1.807) is 22.9 Å². The second-order valence-corrected chi connectivity index (χ2v) is 9.83. The third kappa shape index (κ3) is 4.21. The van der Waals surface area contributed by atoms with Crippen molar-refractivity contribution in [1.29, 1.82) is 0 Å². The summed E-state index contributed by atoms with van der Waals surface area (Å²) < 4.78 is 15.2. The van der Waals surface area contributed by atoms with E-state index in [0.717, 1.165) is 47.0 Å². The summed E-state index contributed by atoms with van der Waals surface area (Å²) in [6.45, 7) is 4.29. The van der Waals surface area contributed by atoms with Crippen molar-refractivity contribution in [3.8, 4) is 11.1 Å². The Morgan fingerprint density at radius 1 is 1.03 bits per heavy atom. The van der Waals surface area contributed by atoms with Gasteiger partial charge in [-0.1, -0.05) is 42.8 Å². The Morgan fingerprint density at radius 3 is 2.51 bits per heavy atom. The SMILES string of the molecule is Cc1ccccc1-c1cc2cnc(NN3CC4CCCC4C3)nc2n(Cc2ccc(F)cc2)c1=O. The zero-order valence-corrected chi connectivity index (χ0v) is 19.7. The first-order chi connectivity index (χ1) is 17.0. The van der Waals surface area contributed by atoms with Gasteiger partial charge in [-0.15, -0.1) is 0 Å². The fourth-order valence-corrected chi connectivity index (χ4v) is 5.67. The predicted octanol–water partition coefficient (Wildman–Crippen LogP) is 5.01. The van der Waals surface area contributed by atoms with Crippen LogP contribution in [0.15, 0.2) is 65.6 Å². The summed E-state index contributed by atoms with van der Waals surface area (Å²) in [6.07, 6.45) is 5.69. The molecule has 4 aromatic rings. The van der Waals surface area contributed by atoms with Crippen LogP contribution in [-0.2, 0) is 6.54 Å². The van der Waals surface area contributed by atoms with E-state index in [0.29, 0.717) is 23.7 Å². The smallest absolute Gasteiger partial charge is 0.260 e. The average Bonchev–Trinajstić information content (AvgIpc) is 3.45. The molecule has 6 rings (SSSR count). The van der Waals surface area contributed by atoms with E-state index in [1.165, 1.54) is 31.4 Å². The molecule has 2 aromatic heterocycles. The lowest BCUT2D eigenvalue weighted by Crippen LogP contribution is -2.30. The lowest BCUT2D eigenvalue weighted by Gasteiger charge is -2.19. The van der Waals surface area contributed by atoms with Gasteiger partial charge >= 0.3 is 0 Å². The minimum absolute atomic E-state index is 0.128. The Labute approximate surface area is 203 Å². The van der Waals surface area contributed by atoms with Crippen LogP contribution in [-0.4, -0.2) is 32.6 Å². The first-order valence-corrected chi connectivity index (χ1v) is 12.3. The molecule has 35 heavy (non-hydrogen) atoms. The molecule has 7 heteroatoms. The molecule has 2 atom stereocenters. The highest BCUT2D eigenvalue weighted by Crippen LogP contribution is 2.37. The van der Waals surface area contributed by atoms with Gasteiger partial charge in [0, 0.05) is 30.2 Å². The molecule has 1 aliphatic heterocycles. The lowest BCUT2D eigenvalue weighted by molar-refractivity contribution is 0.369. The van der Waals surface area contributed by atoms with Gasteiger partial charge in [0.1, 0.15) is 11.5 Å². The highest BCUT2D eigenvalue weighted by molar-refractivity contribution is 5.82. The van der Waals surface area contributed by atoms with Gasteiger partial charge in [0.15, 0.2) is 0 Å². The summed E-state index contributed by atoms with van der Waals surface area (Å²) in [5.41, 5.74) is 7.16. The maximum Gasteiger partial charge on any atom is 0.260 e. The molecule has 2 aliphatic rings. The van der Waals surface area contributed by atoms with Crippen molar-refractivity contribution in [3.63, 3.8) is 0 Å². The molecule has 6 nitrogen and oxygen atoms in total. The first kappa shape index (κ1) is 21.9. The van der Waals surface area contributed by atoms with E-state index in [9.17, 15) is 9.18 Å². The van der Waals surface area contributed by atoms with Crippen LogP contribution in [0, 0.1) is 24.6 Å². The van der Waals surface area contributed by atoms with Gasteiger partial charge in [0.05, 0.1) is 6.54 Å². The standard InChI is InChI=1S/C28H28FN5O/c1-18-5-2-3-8-24(18)25-13-22-14-30-28(32-33-16-20-6-4-7-21(20)17-33)31-26(22)34(27(25)35)15-19-9-11-23(29)12-10-19/h2-3,5,8-14,20-21H,4,6-7,15-17H2,1H3,(H,30,31,32). The van der Waals surface area contributed by atoms with E-state index in [-0.39, 0.29) is 11.4 Å². The number of hydrogen-bond acceptors (Lipinski definition) is 5. The number of fused-ring (bicyclic) bond motifs is 2. The molecular formula is C28H28FN5O. The summed E-state index contributed by atoms with van der Waals surface area (Å²) in [4.78, 5) is 23.2. The normalized spacial score (nSPS) is 19.8. The van der Waals surface area contributed by atoms with Gasteiger partial charge in [0.25, 0.3) is 5.56 Å². The van der Waals surface area contributed by atoms with Crippen LogP contribution in [0.4, 0.5) is 10.3 Å². The molecule has 0 bridgehead atoms. The van der Waals surface area contributed by atoms with Gasteiger partial charge < -0.3 is 0 Å². The number of nitrogens with zero attached hydrogens (tertiary/aromatic N) is 4. The molecular weight excluding hydrogens is 441 g/mol. The molecule has 1 saturated heterocycles. The van der Waals surface area contributed by atoms with Gasteiger partial charge in [-0.25, -0.2) is 14.4 Å². The number of nitrogens with one attached hydrogen (secondary N) is 1. The second kappa shape index (κ2) is 8.89. The quantitative estimate of drug-likeness (QED) is 0.445. The number of anilines is 1. The monoisotopic (exact) mass is 469 g/mol. The lowest BCUT2D eigenvalue weighted by atomic mass is 10.0. The van der Waals surface area contributed by atoms with Crippen molar-refractivity contribution in [2.45, 2.75) is 32.7 Å². The molecule has 0 amide bonds. The molecule has 178 valence electrons. The Hall–Kier alpha value is -3.58. The number of pyridine rings is 1. The third-order valence-corrected chi connectivity index (χ3v) is 7.50. The Bertz CT molecular complexity index is 1440. The number of aromatic nitrogens is 3. The Balaban J connectivity index is 1.43. The first-order valence-electron chi connectivity index (χ1n) is 12.3. The Kier molecular flexibility index (Phi) is 5.57. The van der Waals surface area contributed by atoms with Crippen LogP contribution in [0.1, 0.15) is 30.4 Å². The van der Waals surface area contributed by atoms with E-state index in [2.05, 4.69) is 15.4 Å². The van der Waals surface area contributed by atoms with Crippen molar-refractivity contribution in [2.24, 2.45) is 11.8 Å². The minimum Gasteiger partial charge on any atom is -0.288 e. The van der Waals surface area contributed by atoms with Gasteiger partial charge in [-0.3, -0.25) is 14.8 Å². The molecule has 1 saturated carbocycles. The van der Waals surface area contributed by atoms with Crippen LogP contribution in [0.5, 0.6) is 0 Å². The molecule has 1 aliphatic carbocycles. The van der Waals surface area contributed by atoms with Crippen molar-refractivity contribution in [2.75, 3.05) is 18.5 Å². The number of hydrogen-bond donors (Lipinski definition) is 1. The number of benzene rings is 2. The number of halogens is 1. The van der Waals surface area contributed by atoms with Crippen LogP contribution in [0.25, 0.3) is 22.2 Å². The number of aryl methyl sites for hydroxylation is 1. The zero-order valence-electron chi connectivity index (χ0n) is 19.7. The van der Waals surface area contributed by atoms with Crippen LogP contribution in [0.3, 0.4) is 0 Å². The van der Waals surface area contributed by atoms with Crippen LogP contribution in [0.2, 0.25) is 0 Å². The van der Waals surface area contributed by atoms with Gasteiger partial charge in [-0.05, 0) is 66.5 Å². The van der Waals surface area contributed by atoms with Crippen LogP contribution >= 0.6 is 0 Å². The number of hydrazine groups is 1. The highest BCUT2D eigenvalue weighted by atomic mass is 19.1. The molecule has 0 radical (unpaired) electrons. The van der Waals surface area contributed by atoms with Gasteiger partial charge in [-0.2, -0.15) is 4.98 Å². The molecule has 2 aromatic carbocycles. The maximum atomic E-state index is 13.8. The van der Waals surface area contributed by atoms with Gasteiger partial charge in [0.2, 0.25) is 5.95 Å². The largest absolute Gasteiger partial charge is 0.288 e. The van der Waals surface area contributed by atoms with Crippen LogP contribution < -0.4 is 11.0 Å². The minimum atomic E-state index is -0.302. The summed E-state index contributed by atoms with van der Waals surface area (Å²) in [5.74, 6) is 1.68. The van der Waals surface area contributed by atoms with E-state index < -0.39 is 0 Å². The molecule has 2 unspecified atom stereocenters. The molecule has 0 spiro atoms. The molecule has 2 fully saturated rings. The fourth-order valence-electron chi connectivity index (χ4n) is 5.67. The third-order valence-electron chi connectivity index (χ3n) is 7.50. The number of rotatable bonds is 5. The van der Waals surface area contributed by atoms with Crippen molar-refractivity contribution < 1.29 is 4.39 Å². The summed E-state index contributed by atoms with van der Waals surface area (Å²) in [6, 6.07) is 16.0. The molecule has 3 heterocycles. The average molecular weight is 470 g/mol. The van der Waals surface area contributed by atoms with E-state index in [1.807, 2.05) is 37.3 Å². The highest BCUT2D eigenvalue weighted by Gasteiger charge is 2.36. The van der Waals surface area contributed by atoms with E-state index >= 15 is 0 Å². The topological polar surface area (TPSA) is 63.1 Å². The maximum absolute atomic E-state index is 13.8. The summed E-state index contributed by atoms with van der Waals surface area (Å²) >= 11 is 0. The summed E-state index contributed by atoms with van der Waals surface area (Å²) in [5, 5.41) is 2.99. The van der Waals surface area contributed by atoms with Crippen molar-refractivity contribution >= 4 is 17.0 Å². The predicted molar refractivity (Wildman–Crippen MR) is 135 cm³/mol. The Morgan fingerprint density at radius 2 is 1.77 bits per heavy atom. The summed E-state index contributed by atoms with van der Waals surface area (Å²) in [7, 11) is 0. The van der Waals surface area contributed by atoms with Crippen molar-refractivity contribution in [3.05, 3.63) is 88.1 Å². The second-order valence-electron chi connectivity index (χ2n) is 9.83.